The zero-order chi connectivity index (χ0) is 17.2. The van der Waals surface area contributed by atoms with Crippen LogP contribution in [0.2, 0.25) is 0 Å². The van der Waals surface area contributed by atoms with Gasteiger partial charge in [0.15, 0.2) is 0 Å². The minimum Gasteiger partial charge on any atom is -0.361 e. The van der Waals surface area contributed by atoms with E-state index in [1.54, 1.807) is 24.3 Å². The molecule has 0 saturated heterocycles. The SMILES string of the molecule is O=C(Cc1c[nH]c2ccccc12)Nc1cccc(C(=O)NC2CC2)c1. The fourth-order valence-electron chi connectivity index (χ4n) is 2.89. The molecule has 0 unspecified atom stereocenters. The predicted molar refractivity (Wildman–Crippen MR) is 97.6 cm³/mol. The summed E-state index contributed by atoms with van der Waals surface area (Å²) in [5.41, 5.74) is 3.17. The molecule has 1 saturated carbocycles. The summed E-state index contributed by atoms with van der Waals surface area (Å²) in [6, 6.07) is 15.3. The van der Waals surface area contributed by atoms with Gasteiger partial charge in [-0.3, -0.25) is 9.59 Å². The second kappa shape index (κ2) is 6.43. The van der Waals surface area contributed by atoms with Gasteiger partial charge in [-0.15, -0.1) is 0 Å². The van der Waals surface area contributed by atoms with E-state index in [2.05, 4.69) is 15.6 Å². The zero-order valence-electron chi connectivity index (χ0n) is 13.7. The first-order valence-electron chi connectivity index (χ1n) is 8.45. The largest absolute Gasteiger partial charge is 0.361 e. The van der Waals surface area contributed by atoms with Crippen LogP contribution in [0.5, 0.6) is 0 Å². The molecule has 2 aromatic carbocycles. The van der Waals surface area contributed by atoms with E-state index < -0.39 is 0 Å². The highest BCUT2D eigenvalue weighted by Crippen LogP contribution is 2.21. The lowest BCUT2D eigenvalue weighted by Gasteiger charge is -2.08. The number of amides is 2. The number of aromatic nitrogens is 1. The van der Waals surface area contributed by atoms with Gasteiger partial charge < -0.3 is 15.6 Å². The summed E-state index contributed by atoms with van der Waals surface area (Å²) in [7, 11) is 0. The number of carbonyl (C=O) groups excluding carboxylic acids is 2. The van der Waals surface area contributed by atoms with Crippen LogP contribution in [-0.2, 0) is 11.2 Å². The number of rotatable bonds is 5. The molecule has 126 valence electrons. The van der Waals surface area contributed by atoms with Crippen molar-refractivity contribution in [3.8, 4) is 0 Å². The molecule has 0 atom stereocenters. The van der Waals surface area contributed by atoms with E-state index in [9.17, 15) is 9.59 Å². The zero-order valence-corrected chi connectivity index (χ0v) is 13.7. The topological polar surface area (TPSA) is 74.0 Å². The Bertz CT molecular complexity index is 941. The fraction of sp³-hybridized carbons (Fsp3) is 0.200. The van der Waals surface area contributed by atoms with Crippen LogP contribution < -0.4 is 10.6 Å². The minimum absolute atomic E-state index is 0.0878. The summed E-state index contributed by atoms with van der Waals surface area (Å²) in [6.07, 6.45) is 4.24. The molecule has 0 radical (unpaired) electrons. The number of para-hydroxylation sites is 1. The maximum Gasteiger partial charge on any atom is 0.251 e. The number of anilines is 1. The third-order valence-corrected chi connectivity index (χ3v) is 4.35. The summed E-state index contributed by atoms with van der Waals surface area (Å²) >= 11 is 0. The normalized spacial score (nSPS) is 13.6. The Balaban J connectivity index is 1.44. The number of nitrogens with one attached hydrogen (secondary N) is 3. The molecule has 0 aliphatic heterocycles. The Morgan fingerprint density at radius 2 is 1.92 bits per heavy atom. The standard InChI is InChI=1S/C20H19N3O2/c24-19(11-14-12-21-18-7-2-1-6-17(14)18)22-16-5-3-4-13(10-16)20(25)23-15-8-9-15/h1-7,10,12,15,21H,8-9,11H2,(H,22,24)(H,23,25). The molecule has 1 aromatic heterocycles. The quantitative estimate of drug-likeness (QED) is 0.670. The monoisotopic (exact) mass is 333 g/mol. The Kier molecular flexibility index (Phi) is 3.98. The van der Waals surface area contributed by atoms with E-state index in [0.717, 1.165) is 29.3 Å². The first-order valence-corrected chi connectivity index (χ1v) is 8.45. The lowest BCUT2D eigenvalue weighted by atomic mass is 10.1. The maximum atomic E-state index is 12.4. The first kappa shape index (κ1) is 15.4. The molecule has 5 nitrogen and oxygen atoms in total. The predicted octanol–water partition coefficient (Wildman–Crippen LogP) is 3.24. The van der Waals surface area contributed by atoms with Gasteiger partial charge in [0.2, 0.25) is 5.91 Å². The second-order valence-electron chi connectivity index (χ2n) is 6.41. The van der Waals surface area contributed by atoms with Gasteiger partial charge in [-0.05, 0) is 42.7 Å². The van der Waals surface area contributed by atoms with Crippen molar-refractivity contribution in [1.29, 1.82) is 0 Å². The van der Waals surface area contributed by atoms with E-state index in [1.807, 2.05) is 30.5 Å². The number of hydrogen-bond donors (Lipinski definition) is 3. The number of aromatic amines is 1. The van der Waals surface area contributed by atoms with Crippen LogP contribution >= 0.6 is 0 Å². The van der Waals surface area contributed by atoms with Gasteiger partial charge in [-0.1, -0.05) is 24.3 Å². The fourth-order valence-corrected chi connectivity index (χ4v) is 2.89. The van der Waals surface area contributed by atoms with Crippen LogP contribution in [0.25, 0.3) is 10.9 Å². The Labute approximate surface area is 145 Å². The molecule has 4 rings (SSSR count). The van der Waals surface area contributed by atoms with E-state index in [1.165, 1.54) is 0 Å². The van der Waals surface area contributed by atoms with E-state index in [-0.39, 0.29) is 18.2 Å². The molecule has 3 aromatic rings. The lowest BCUT2D eigenvalue weighted by molar-refractivity contribution is -0.115. The number of benzene rings is 2. The van der Waals surface area contributed by atoms with Gasteiger partial charge in [-0.25, -0.2) is 0 Å². The Morgan fingerprint density at radius 3 is 2.76 bits per heavy atom. The van der Waals surface area contributed by atoms with Gasteiger partial charge in [0.05, 0.1) is 6.42 Å². The van der Waals surface area contributed by atoms with E-state index >= 15 is 0 Å². The van der Waals surface area contributed by atoms with Crippen LogP contribution in [0.1, 0.15) is 28.8 Å². The number of hydrogen-bond acceptors (Lipinski definition) is 2. The van der Waals surface area contributed by atoms with Gasteiger partial charge >= 0.3 is 0 Å². The Hall–Kier alpha value is -3.08. The molecule has 1 fully saturated rings. The van der Waals surface area contributed by atoms with Crippen molar-refractivity contribution in [3.63, 3.8) is 0 Å². The molecule has 1 heterocycles. The molecule has 1 aliphatic rings. The third kappa shape index (κ3) is 3.55. The highest BCUT2D eigenvalue weighted by atomic mass is 16.2. The highest BCUT2D eigenvalue weighted by Gasteiger charge is 2.23. The van der Waals surface area contributed by atoms with Gasteiger partial charge in [0.25, 0.3) is 5.91 Å². The number of H-pyrrole nitrogens is 1. The second-order valence-corrected chi connectivity index (χ2v) is 6.41. The first-order chi connectivity index (χ1) is 12.2. The average molecular weight is 333 g/mol. The molecule has 3 N–H and O–H groups in total. The molecular weight excluding hydrogens is 314 g/mol. The molecule has 0 spiro atoms. The number of carbonyl (C=O) groups is 2. The molecular formula is C20H19N3O2. The van der Waals surface area contributed by atoms with Crippen LogP contribution in [-0.4, -0.2) is 22.8 Å². The minimum atomic E-state index is -0.107. The lowest BCUT2D eigenvalue weighted by Crippen LogP contribution is -2.25. The van der Waals surface area contributed by atoms with Crippen molar-refractivity contribution < 1.29 is 9.59 Å². The van der Waals surface area contributed by atoms with Crippen LogP contribution in [0.3, 0.4) is 0 Å². The van der Waals surface area contributed by atoms with Crippen molar-refractivity contribution in [1.82, 2.24) is 10.3 Å². The molecule has 5 heteroatoms. The highest BCUT2D eigenvalue weighted by molar-refractivity contribution is 5.99. The summed E-state index contributed by atoms with van der Waals surface area (Å²) in [5.74, 6) is -0.195. The van der Waals surface area contributed by atoms with Gasteiger partial charge in [-0.2, -0.15) is 0 Å². The summed E-state index contributed by atoms with van der Waals surface area (Å²) in [6.45, 7) is 0. The van der Waals surface area contributed by atoms with Crippen LogP contribution in [0.15, 0.2) is 54.7 Å². The summed E-state index contributed by atoms with van der Waals surface area (Å²) in [5, 5.41) is 6.88. The van der Waals surface area contributed by atoms with Crippen molar-refractivity contribution in [2.24, 2.45) is 0 Å². The molecule has 25 heavy (non-hydrogen) atoms. The third-order valence-electron chi connectivity index (χ3n) is 4.35. The van der Waals surface area contributed by atoms with Crippen molar-refractivity contribution in [2.75, 3.05) is 5.32 Å². The maximum absolute atomic E-state index is 12.4. The van der Waals surface area contributed by atoms with Gasteiger partial charge in [0, 0.05) is 34.4 Å². The molecule has 2 amide bonds. The molecule has 0 bridgehead atoms. The smallest absolute Gasteiger partial charge is 0.251 e. The van der Waals surface area contributed by atoms with E-state index in [0.29, 0.717) is 17.3 Å². The van der Waals surface area contributed by atoms with E-state index in [4.69, 9.17) is 0 Å². The average Bonchev–Trinajstić information content (AvgIpc) is 3.34. The summed E-state index contributed by atoms with van der Waals surface area (Å²) < 4.78 is 0. The Morgan fingerprint density at radius 1 is 1.08 bits per heavy atom. The number of fused-ring (bicyclic) bond motifs is 1. The van der Waals surface area contributed by atoms with Crippen molar-refractivity contribution in [3.05, 3.63) is 65.9 Å². The molecule has 1 aliphatic carbocycles. The van der Waals surface area contributed by atoms with Gasteiger partial charge in [0.1, 0.15) is 0 Å². The van der Waals surface area contributed by atoms with Crippen LogP contribution in [0, 0.1) is 0 Å². The van der Waals surface area contributed by atoms with Crippen molar-refractivity contribution >= 4 is 28.4 Å². The van der Waals surface area contributed by atoms with Crippen LogP contribution in [0.4, 0.5) is 5.69 Å². The van der Waals surface area contributed by atoms with Crippen molar-refractivity contribution in [2.45, 2.75) is 25.3 Å². The summed E-state index contributed by atoms with van der Waals surface area (Å²) in [4.78, 5) is 27.6.